The van der Waals surface area contributed by atoms with Crippen LogP contribution in [0.15, 0.2) is 12.4 Å². The van der Waals surface area contributed by atoms with Gasteiger partial charge in [-0.2, -0.15) is 10.4 Å². The molecule has 2 N–H and O–H groups in total. The van der Waals surface area contributed by atoms with Crippen molar-refractivity contribution in [3.05, 3.63) is 18.0 Å². The van der Waals surface area contributed by atoms with E-state index in [1.807, 2.05) is 0 Å². The van der Waals surface area contributed by atoms with Crippen LogP contribution in [0, 0.1) is 11.3 Å². The van der Waals surface area contributed by atoms with Crippen LogP contribution in [0.4, 0.5) is 0 Å². The summed E-state index contributed by atoms with van der Waals surface area (Å²) in [5.41, 5.74) is 6.74. The molecule has 1 aromatic heterocycles. The monoisotopic (exact) mass is 276 g/mol. The average Bonchev–Trinajstić information content (AvgIpc) is 2.90. The second-order valence-corrected chi connectivity index (χ2v) is 5.00. The highest BCUT2D eigenvalue weighted by Crippen LogP contribution is 2.14. The van der Waals surface area contributed by atoms with Crippen LogP contribution in [0.3, 0.4) is 0 Å². The van der Waals surface area contributed by atoms with Gasteiger partial charge in [0.05, 0.1) is 12.3 Å². The Morgan fingerprint density at radius 2 is 2.20 bits per heavy atom. The van der Waals surface area contributed by atoms with Gasteiger partial charge in [0, 0.05) is 58.0 Å². The fraction of sp³-hybridized carbons (Fsp3) is 0.615. The Bertz CT molecular complexity index is 497. The predicted octanol–water partition coefficient (Wildman–Crippen LogP) is -0.522. The van der Waals surface area contributed by atoms with E-state index in [0.717, 1.165) is 25.2 Å². The number of hydrogen-bond acceptors (Lipinski definition) is 5. The maximum atomic E-state index is 12.3. The van der Waals surface area contributed by atoms with Crippen molar-refractivity contribution in [2.45, 2.75) is 12.5 Å². The van der Waals surface area contributed by atoms with Gasteiger partial charge in [-0.15, -0.1) is 0 Å². The van der Waals surface area contributed by atoms with Crippen molar-refractivity contribution >= 4 is 5.91 Å². The lowest BCUT2D eigenvalue weighted by Gasteiger charge is -2.35. The van der Waals surface area contributed by atoms with Gasteiger partial charge in [-0.1, -0.05) is 0 Å². The first-order chi connectivity index (χ1) is 9.61. The zero-order valence-corrected chi connectivity index (χ0v) is 11.7. The second kappa shape index (κ2) is 6.50. The van der Waals surface area contributed by atoms with Crippen molar-refractivity contribution in [2.24, 2.45) is 12.8 Å². The number of amides is 1. The first kappa shape index (κ1) is 14.5. The number of carbonyl (C=O) groups excluding carboxylic acids is 1. The van der Waals surface area contributed by atoms with E-state index in [1.54, 1.807) is 29.0 Å². The standard InChI is InChI=1S/C13H20N6O/c1-17-10-11(9-16-17)12(15)13(20)19-7-5-18(6-8-19)4-2-3-14/h9-10,12H,2,4-8,15H2,1H3. The van der Waals surface area contributed by atoms with Gasteiger partial charge in [-0.3, -0.25) is 14.4 Å². The molecule has 0 radical (unpaired) electrons. The third-order valence-electron chi connectivity index (χ3n) is 3.57. The molecule has 0 spiro atoms. The molecule has 1 saturated heterocycles. The number of piperazine rings is 1. The summed E-state index contributed by atoms with van der Waals surface area (Å²) >= 11 is 0. The number of aryl methyl sites for hydroxylation is 1. The zero-order valence-electron chi connectivity index (χ0n) is 11.7. The minimum atomic E-state index is -0.644. The lowest BCUT2D eigenvalue weighted by Crippen LogP contribution is -2.51. The maximum Gasteiger partial charge on any atom is 0.244 e. The highest BCUT2D eigenvalue weighted by molar-refractivity contribution is 5.83. The van der Waals surface area contributed by atoms with E-state index in [1.165, 1.54) is 0 Å². The normalized spacial score (nSPS) is 17.8. The van der Waals surface area contributed by atoms with Gasteiger partial charge in [0.2, 0.25) is 5.91 Å². The van der Waals surface area contributed by atoms with Gasteiger partial charge >= 0.3 is 0 Å². The molecule has 20 heavy (non-hydrogen) atoms. The SMILES string of the molecule is Cn1cc(C(N)C(=O)N2CCN(CCC#N)CC2)cn1. The van der Waals surface area contributed by atoms with Crippen molar-refractivity contribution < 1.29 is 4.79 Å². The molecule has 1 unspecified atom stereocenters. The Kier molecular flexibility index (Phi) is 4.71. The van der Waals surface area contributed by atoms with Gasteiger partial charge in [0.25, 0.3) is 0 Å². The zero-order chi connectivity index (χ0) is 14.5. The number of hydrogen-bond donors (Lipinski definition) is 1. The van der Waals surface area contributed by atoms with E-state index in [0.29, 0.717) is 19.5 Å². The molecule has 0 bridgehead atoms. The minimum Gasteiger partial charge on any atom is -0.338 e. The molecule has 2 rings (SSSR count). The first-order valence-corrected chi connectivity index (χ1v) is 6.74. The van der Waals surface area contributed by atoms with Gasteiger partial charge in [-0.25, -0.2) is 0 Å². The van der Waals surface area contributed by atoms with Crippen LogP contribution >= 0.6 is 0 Å². The fourth-order valence-electron chi connectivity index (χ4n) is 2.34. The Morgan fingerprint density at radius 1 is 1.50 bits per heavy atom. The van der Waals surface area contributed by atoms with Crippen LogP contribution in [-0.4, -0.2) is 58.2 Å². The number of nitrogens with two attached hydrogens (primary N) is 1. The number of nitrogens with zero attached hydrogens (tertiary/aromatic N) is 5. The van der Waals surface area contributed by atoms with Crippen LogP contribution < -0.4 is 5.73 Å². The molecular formula is C13H20N6O. The van der Waals surface area contributed by atoms with Gasteiger partial charge in [0.1, 0.15) is 6.04 Å². The molecule has 1 aliphatic rings. The first-order valence-electron chi connectivity index (χ1n) is 6.74. The Labute approximate surface area is 118 Å². The van der Waals surface area contributed by atoms with Crippen molar-refractivity contribution in [1.29, 1.82) is 5.26 Å². The summed E-state index contributed by atoms with van der Waals surface area (Å²) in [6.45, 7) is 3.70. The summed E-state index contributed by atoms with van der Waals surface area (Å²) in [5, 5.41) is 12.6. The smallest absolute Gasteiger partial charge is 0.244 e. The third kappa shape index (κ3) is 3.35. The van der Waals surface area contributed by atoms with E-state index in [4.69, 9.17) is 11.0 Å². The molecule has 1 atom stereocenters. The number of carbonyl (C=O) groups is 1. The number of nitriles is 1. The topological polar surface area (TPSA) is 91.2 Å². The van der Waals surface area contributed by atoms with Crippen LogP contribution in [0.5, 0.6) is 0 Å². The fourth-order valence-corrected chi connectivity index (χ4v) is 2.34. The van der Waals surface area contributed by atoms with Gasteiger partial charge < -0.3 is 10.6 Å². The summed E-state index contributed by atoms with van der Waals surface area (Å²) in [6, 6.07) is 1.50. The quantitative estimate of drug-likeness (QED) is 0.799. The van der Waals surface area contributed by atoms with E-state index in [-0.39, 0.29) is 5.91 Å². The largest absolute Gasteiger partial charge is 0.338 e. The van der Waals surface area contributed by atoms with E-state index in [2.05, 4.69) is 16.1 Å². The molecule has 0 saturated carbocycles. The lowest BCUT2D eigenvalue weighted by molar-refractivity contribution is -0.134. The molecule has 1 amide bonds. The van der Waals surface area contributed by atoms with Crippen molar-refractivity contribution in [3.8, 4) is 6.07 Å². The Morgan fingerprint density at radius 3 is 2.75 bits per heavy atom. The molecule has 7 heteroatoms. The minimum absolute atomic E-state index is 0.0575. The van der Waals surface area contributed by atoms with E-state index >= 15 is 0 Å². The molecule has 0 aliphatic carbocycles. The molecule has 1 aromatic rings. The van der Waals surface area contributed by atoms with Gasteiger partial charge in [-0.05, 0) is 0 Å². The molecule has 1 fully saturated rings. The average molecular weight is 276 g/mol. The van der Waals surface area contributed by atoms with Crippen LogP contribution in [0.25, 0.3) is 0 Å². The highest BCUT2D eigenvalue weighted by Gasteiger charge is 2.26. The van der Waals surface area contributed by atoms with Crippen molar-refractivity contribution in [3.63, 3.8) is 0 Å². The van der Waals surface area contributed by atoms with Crippen molar-refractivity contribution in [1.82, 2.24) is 19.6 Å². The Hall–Kier alpha value is -1.91. The summed E-state index contributed by atoms with van der Waals surface area (Å²) in [4.78, 5) is 16.3. The van der Waals surface area contributed by atoms with E-state index in [9.17, 15) is 4.79 Å². The third-order valence-corrected chi connectivity index (χ3v) is 3.57. The molecule has 108 valence electrons. The second-order valence-electron chi connectivity index (χ2n) is 5.00. The summed E-state index contributed by atoms with van der Waals surface area (Å²) in [6.07, 6.45) is 3.93. The molecule has 0 aromatic carbocycles. The molecule has 2 heterocycles. The molecular weight excluding hydrogens is 256 g/mol. The molecule has 7 nitrogen and oxygen atoms in total. The Balaban J connectivity index is 1.87. The summed E-state index contributed by atoms with van der Waals surface area (Å²) in [5.74, 6) is -0.0575. The van der Waals surface area contributed by atoms with E-state index < -0.39 is 6.04 Å². The lowest BCUT2D eigenvalue weighted by atomic mass is 10.1. The van der Waals surface area contributed by atoms with Crippen molar-refractivity contribution in [2.75, 3.05) is 32.7 Å². The maximum absolute atomic E-state index is 12.3. The predicted molar refractivity (Wildman–Crippen MR) is 73.4 cm³/mol. The number of aromatic nitrogens is 2. The highest BCUT2D eigenvalue weighted by atomic mass is 16.2. The van der Waals surface area contributed by atoms with Crippen LogP contribution in [0.2, 0.25) is 0 Å². The van der Waals surface area contributed by atoms with Gasteiger partial charge in [0.15, 0.2) is 0 Å². The number of rotatable bonds is 4. The van der Waals surface area contributed by atoms with Crippen LogP contribution in [-0.2, 0) is 11.8 Å². The molecule has 1 aliphatic heterocycles. The summed E-state index contributed by atoms with van der Waals surface area (Å²) in [7, 11) is 1.80. The summed E-state index contributed by atoms with van der Waals surface area (Å²) < 4.78 is 1.64. The van der Waals surface area contributed by atoms with Crippen LogP contribution in [0.1, 0.15) is 18.0 Å².